The van der Waals surface area contributed by atoms with Gasteiger partial charge in [-0.2, -0.15) is 5.10 Å². The Bertz CT molecular complexity index is 940. The Morgan fingerprint density at radius 1 is 1.25 bits per heavy atom. The summed E-state index contributed by atoms with van der Waals surface area (Å²) in [7, 11) is 2.14. The van der Waals surface area contributed by atoms with Crippen molar-refractivity contribution in [2.24, 2.45) is 0 Å². The van der Waals surface area contributed by atoms with Crippen LogP contribution in [0.25, 0.3) is 11.0 Å². The van der Waals surface area contributed by atoms with E-state index in [9.17, 15) is 4.79 Å². The summed E-state index contributed by atoms with van der Waals surface area (Å²) in [5.74, 6) is 0.976. The molecule has 1 amide bonds. The Hall–Kier alpha value is -2.93. The Kier molecular flexibility index (Phi) is 5.53. The molecule has 1 aliphatic rings. The van der Waals surface area contributed by atoms with Crippen LogP contribution in [0.4, 0.5) is 0 Å². The molecular weight excluding hydrogens is 354 g/mol. The number of amides is 1. The minimum Gasteiger partial charge on any atom is -0.484 e. The quantitative estimate of drug-likeness (QED) is 0.680. The molecule has 2 aromatic heterocycles. The van der Waals surface area contributed by atoms with Gasteiger partial charge in [-0.3, -0.25) is 4.79 Å². The normalized spacial score (nSPS) is 17.1. The third-order valence-electron chi connectivity index (χ3n) is 5.07. The van der Waals surface area contributed by atoms with Crippen LogP contribution in [0, 0.1) is 0 Å². The van der Waals surface area contributed by atoms with E-state index < -0.39 is 0 Å². The molecule has 1 aromatic carbocycles. The van der Waals surface area contributed by atoms with Crippen molar-refractivity contribution >= 4 is 16.9 Å². The van der Waals surface area contributed by atoms with Gasteiger partial charge in [0.2, 0.25) is 0 Å². The first-order valence-electron chi connectivity index (χ1n) is 9.65. The minimum absolute atomic E-state index is 0.00176. The van der Waals surface area contributed by atoms with Crippen LogP contribution in [0.1, 0.15) is 18.0 Å². The van der Waals surface area contributed by atoms with E-state index >= 15 is 0 Å². The van der Waals surface area contributed by atoms with E-state index in [4.69, 9.17) is 9.84 Å². The maximum absolute atomic E-state index is 12.0. The molecule has 4 rings (SSSR count). The fourth-order valence-electron chi connectivity index (χ4n) is 3.67. The van der Waals surface area contributed by atoms with Crippen LogP contribution in [-0.4, -0.2) is 58.9 Å². The number of ether oxygens (including phenoxy) is 1. The maximum atomic E-state index is 12.0. The summed E-state index contributed by atoms with van der Waals surface area (Å²) in [5, 5.41) is 8.84. The SMILES string of the molecule is CN1CCC(c2nn(CCNC(=O)COc3ccccc3)c3ncccc23)C1. The van der Waals surface area contributed by atoms with Crippen molar-refractivity contribution in [3.8, 4) is 5.75 Å². The van der Waals surface area contributed by atoms with Gasteiger partial charge in [-0.1, -0.05) is 18.2 Å². The van der Waals surface area contributed by atoms with Gasteiger partial charge in [0.15, 0.2) is 12.3 Å². The maximum Gasteiger partial charge on any atom is 0.258 e. The number of likely N-dealkylation sites (N-methyl/N-ethyl adjacent to an activating group) is 1. The lowest BCUT2D eigenvalue weighted by Crippen LogP contribution is -2.31. The van der Waals surface area contributed by atoms with Crippen molar-refractivity contribution in [1.29, 1.82) is 0 Å². The number of carbonyl (C=O) groups is 1. The number of rotatable bonds is 7. The molecule has 146 valence electrons. The van der Waals surface area contributed by atoms with E-state index in [2.05, 4.69) is 28.3 Å². The Labute approximate surface area is 164 Å². The number of nitrogens with one attached hydrogen (secondary N) is 1. The van der Waals surface area contributed by atoms with Gasteiger partial charge in [-0.05, 0) is 44.3 Å². The van der Waals surface area contributed by atoms with Crippen molar-refractivity contribution in [3.63, 3.8) is 0 Å². The van der Waals surface area contributed by atoms with Crippen molar-refractivity contribution in [1.82, 2.24) is 25.0 Å². The molecule has 1 unspecified atom stereocenters. The number of carbonyl (C=O) groups excluding carboxylic acids is 1. The average molecular weight is 379 g/mol. The van der Waals surface area contributed by atoms with Crippen LogP contribution in [0.15, 0.2) is 48.7 Å². The van der Waals surface area contributed by atoms with Crippen LogP contribution in [0.3, 0.4) is 0 Å². The molecule has 1 aliphatic heterocycles. The Morgan fingerprint density at radius 3 is 2.89 bits per heavy atom. The van der Waals surface area contributed by atoms with Gasteiger partial charge in [0.25, 0.3) is 5.91 Å². The molecule has 1 atom stereocenters. The molecule has 0 spiro atoms. The number of aromatic nitrogens is 3. The standard InChI is InChI=1S/C21H25N5O2/c1-25-12-9-16(14-25)20-18-8-5-10-23-21(18)26(24-20)13-11-22-19(27)15-28-17-6-3-2-4-7-17/h2-8,10,16H,9,11-15H2,1H3,(H,22,27). The number of hydrogen-bond acceptors (Lipinski definition) is 5. The fourth-order valence-corrected chi connectivity index (χ4v) is 3.67. The number of fused-ring (bicyclic) bond motifs is 1. The van der Waals surface area contributed by atoms with Crippen molar-refractivity contribution in [3.05, 3.63) is 54.4 Å². The highest BCUT2D eigenvalue weighted by molar-refractivity contribution is 5.79. The smallest absolute Gasteiger partial charge is 0.258 e. The largest absolute Gasteiger partial charge is 0.484 e. The number of benzene rings is 1. The highest BCUT2D eigenvalue weighted by atomic mass is 16.5. The Morgan fingerprint density at radius 2 is 2.11 bits per heavy atom. The molecule has 28 heavy (non-hydrogen) atoms. The summed E-state index contributed by atoms with van der Waals surface area (Å²) >= 11 is 0. The van der Waals surface area contributed by atoms with Crippen molar-refractivity contribution in [2.45, 2.75) is 18.9 Å². The average Bonchev–Trinajstić information content (AvgIpc) is 3.31. The van der Waals surface area contributed by atoms with Gasteiger partial charge in [0, 0.05) is 30.6 Å². The second kappa shape index (κ2) is 8.39. The number of para-hydroxylation sites is 1. The molecule has 1 saturated heterocycles. The molecule has 0 saturated carbocycles. The highest BCUT2D eigenvalue weighted by Gasteiger charge is 2.26. The van der Waals surface area contributed by atoms with E-state index in [1.54, 1.807) is 6.20 Å². The Balaban J connectivity index is 1.36. The zero-order chi connectivity index (χ0) is 19.3. The lowest BCUT2D eigenvalue weighted by atomic mass is 10.0. The molecule has 3 heterocycles. The highest BCUT2D eigenvalue weighted by Crippen LogP contribution is 2.30. The molecule has 0 aliphatic carbocycles. The zero-order valence-electron chi connectivity index (χ0n) is 16.0. The van der Waals surface area contributed by atoms with Gasteiger partial charge in [-0.25, -0.2) is 9.67 Å². The topological polar surface area (TPSA) is 72.3 Å². The summed E-state index contributed by atoms with van der Waals surface area (Å²) < 4.78 is 7.38. The van der Waals surface area contributed by atoms with Crippen LogP contribution in [0.5, 0.6) is 5.75 Å². The fraction of sp³-hybridized carbons (Fsp3) is 0.381. The van der Waals surface area contributed by atoms with Crippen LogP contribution in [0.2, 0.25) is 0 Å². The molecule has 0 radical (unpaired) electrons. The second-order valence-electron chi connectivity index (χ2n) is 7.18. The predicted octanol–water partition coefficient (Wildman–Crippen LogP) is 2.05. The molecule has 3 aromatic rings. The number of hydrogen-bond donors (Lipinski definition) is 1. The number of pyridine rings is 1. The van der Waals surface area contributed by atoms with Gasteiger partial charge in [0.05, 0.1) is 12.2 Å². The van der Waals surface area contributed by atoms with Gasteiger partial charge < -0.3 is 15.0 Å². The van der Waals surface area contributed by atoms with E-state index in [0.29, 0.717) is 24.8 Å². The monoisotopic (exact) mass is 379 g/mol. The summed E-state index contributed by atoms with van der Waals surface area (Å²) in [4.78, 5) is 18.9. The first-order chi connectivity index (χ1) is 13.7. The molecule has 1 N–H and O–H groups in total. The summed E-state index contributed by atoms with van der Waals surface area (Å²) in [6.07, 6.45) is 2.91. The van der Waals surface area contributed by atoms with Crippen LogP contribution in [-0.2, 0) is 11.3 Å². The van der Waals surface area contributed by atoms with Crippen LogP contribution >= 0.6 is 0 Å². The van der Waals surface area contributed by atoms with Crippen molar-refractivity contribution in [2.75, 3.05) is 33.3 Å². The molecule has 1 fully saturated rings. The predicted molar refractivity (Wildman–Crippen MR) is 107 cm³/mol. The molecular formula is C21H25N5O2. The van der Waals surface area contributed by atoms with Crippen LogP contribution < -0.4 is 10.1 Å². The minimum atomic E-state index is -0.147. The van der Waals surface area contributed by atoms with E-state index in [0.717, 1.165) is 36.2 Å². The molecule has 7 nitrogen and oxygen atoms in total. The van der Waals surface area contributed by atoms with Gasteiger partial charge >= 0.3 is 0 Å². The molecule has 0 bridgehead atoms. The number of likely N-dealkylation sites (tertiary alicyclic amines) is 1. The van der Waals surface area contributed by atoms with Gasteiger partial charge in [-0.15, -0.1) is 0 Å². The number of nitrogens with zero attached hydrogens (tertiary/aromatic N) is 4. The first-order valence-corrected chi connectivity index (χ1v) is 9.65. The third kappa shape index (κ3) is 4.14. The third-order valence-corrected chi connectivity index (χ3v) is 5.07. The van der Waals surface area contributed by atoms with E-state index in [1.807, 2.05) is 41.1 Å². The second-order valence-corrected chi connectivity index (χ2v) is 7.18. The zero-order valence-corrected chi connectivity index (χ0v) is 16.0. The summed E-state index contributed by atoms with van der Waals surface area (Å²) in [6.45, 7) is 3.18. The van der Waals surface area contributed by atoms with Crippen molar-refractivity contribution < 1.29 is 9.53 Å². The molecule has 7 heteroatoms. The van der Waals surface area contributed by atoms with Gasteiger partial charge in [0.1, 0.15) is 5.75 Å². The van der Waals surface area contributed by atoms with E-state index in [-0.39, 0.29) is 12.5 Å². The van der Waals surface area contributed by atoms with E-state index in [1.165, 1.54) is 0 Å². The lowest BCUT2D eigenvalue weighted by molar-refractivity contribution is -0.123. The lowest BCUT2D eigenvalue weighted by Gasteiger charge is -2.08. The summed E-state index contributed by atoms with van der Waals surface area (Å²) in [5.41, 5.74) is 1.99. The first kappa shape index (κ1) is 18.4. The summed E-state index contributed by atoms with van der Waals surface area (Å²) in [6, 6.07) is 13.4.